The smallest absolute Gasteiger partial charge is 0.223 e. The van der Waals surface area contributed by atoms with Crippen molar-refractivity contribution in [2.75, 3.05) is 26.3 Å². The minimum absolute atomic E-state index is 0.144. The number of carbonyl (C=O) groups is 1. The second-order valence-corrected chi connectivity index (χ2v) is 7.35. The van der Waals surface area contributed by atoms with E-state index in [1.807, 2.05) is 6.92 Å². The third-order valence-corrected chi connectivity index (χ3v) is 5.43. The molecule has 0 aromatic carbocycles. The van der Waals surface area contributed by atoms with E-state index in [0.717, 1.165) is 62.0 Å². The molecule has 0 saturated carbocycles. The lowest BCUT2D eigenvalue weighted by molar-refractivity contribution is -0.127. The number of aryl methyl sites for hydroxylation is 1. The molecule has 1 N–H and O–H groups in total. The molecule has 6 nitrogen and oxygen atoms in total. The highest BCUT2D eigenvalue weighted by molar-refractivity contribution is 7.11. The first-order valence-corrected chi connectivity index (χ1v) is 8.92. The van der Waals surface area contributed by atoms with Gasteiger partial charge >= 0.3 is 0 Å². The molecule has 122 valence electrons. The van der Waals surface area contributed by atoms with E-state index >= 15 is 0 Å². The van der Waals surface area contributed by atoms with Crippen molar-refractivity contribution in [3.05, 3.63) is 10.0 Å². The van der Waals surface area contributed by atoms with E-state index in [-0.39, 0.29) is 11.8 Å². The van der Waals surface area contributed by atoms with Crippen molar-refractivity contribution in [3.8, 4) is 0 Å². The lowest BCUT2D eigenvalue weighted by Gasteiger charge is -2.38. The van der Waals surface area contributed by atoms with Crippen LogP contribution >= 0.6 is 11.3 Å². The third kappa shape index (κ3) is 4.02. The van der Waals surface area contributed by atoms with Crippen LogP contribution < -0.4 is 5.32 Å². The standard InChI is InChI=1S/C15H24N4O2S/c1-11-17-18-14(22-11)10-16-15(20)12-2-6-19(7-3-12)13-4-8-21-9-5-13/h12-13H,2-10H2,1H3,(H,16,20). The van der Waals surface area contributed by atoms with Crippen LogP contribution in [0, 0.1) is 12.8 Å². The van der Waals surface area contributed by atoms with E-state index in [1.54, 1.807) is 0 Å². The van der Waals surface area contributed by atoms with Gasteiger partial charge in [-0.05, 0) is 45.7 Å². The average Bonchev–Trinajstić information content (AvgIpc) is 2.99. The largest absolute Gasteiger partial charge is 0.381 e. The fourth-order valence-corrected chi connectivity index (χ4v) is 3.94. The minimum atomic E-state index is 0.144. The van der Waals surface area contributed by atoms with Gasteiger partial charge < -0.3 is 15.0 Å². The normalized spacial score (nSPS) is 21.9. The Labute approximate surface area is 135 Å². The Bertz CT molecular complexity index is 493. The Kier molecular flexibility index (Phi) is 5.38. The minimum Gasteiger partial charge on any atom is -0.381 e. The van der Waals surface area contributed by atoms with E-state index in [2.05, 4.69) is 20.4 Å². The summed E-state index contributed by atoms with van der Waals surface area (Å²) in [5.41, 5.74) is 0. The van der Waals surface area contributed by atoms with Crippen LogP contribution in [0.25, 0.3) is 0 Å². The van der Waals surface area contributed by atoms with E-state index < -0.39 is 0 Å². The summed E-state index contributed by atoms with van der Waals surface area (Å²) >= 11 is 1.54. The molecule has 0 atom stereocenters. The highest BCUT2D eigenvalue weighted by atomic mass is 32.1. The summed E-state index contributed by atoms with van der Waals surface area (Å²) in [6.07, 6.45) is 4.18. The number of hydrogen-bond donors (Lipinski definition) is 1. The highest BCUT2D eigenvalue weighted by Gasteiger charge is 2.29. The van der Waals surface area contributed by atoms with Crippen LogP contribution in [-0.4, -0.2) is 53.3 Å². The number of carbonyl (C=O) groups excluding carboxylic acids is 1. The summed E-state index contributed by atoms with van der Waals surface area (Å²) < 4.78 is 5.42. The van der Waals surface area contributed by atoms with Gasteiger partial charge in [-0.25, -0.2) is 0 Å². The van der Waals surface area contributed by atoms with Crippen molar-refractivity contribution in [2.45, 2.75) is 45.2 Å². The van der Waals surface area contributed by atoms with Crippen molar-refractivity contribution < 1.29 is 9.53 Å². The highest BCUT2D eigenvalue weighted by Crippen LogP contribution is 2.23. The Morgan fingerprint density at radius 1 is 1.27 bits per heavy atom. The van der Waals surface area contributed by atoms with Gasteiger partial charge in [0, 0.05) is 25.2 Å². The summed E-state index contributed by atoms with van der Waals surface area (Å²) in [5.74, 6) is 0.310. The first-order valence-electron chi connectivity index (χ1n) is 8.11. The molecule has 1 aromatic rings. The summed E-state index contributed by atoms with van der Waals surface area (Å²) in [6.45, 7) is 6.25. The van der Waals surface area contributed by atoms with Gasteiger partial charge in [-0.2, -0.15) is 0 Å². The zero-order chi connectivity index (χ0) is 15.4. The number of rotatable bonds is 4. The molecule has 0 bridgehead atoms. The molecule has 2 fully saturated rings. The van der Waals surface area contributed by atoms with E-state index in [1.165, 1.54) is 11.3 Å². The fraction of sp³-hybridized carbons (Fsp3) is 0.800. The number of ether oxygens (including phenoxy) is 1. The van der Waals surface area contributed by atoms with Crippen molar-refractivity contribution in [1.29, 1.82) is 0 Å². The molecule has 1 aromatic heterocycles. The first-order chi connectivity index (χ1) is 10.7. The topological polar surface area (TPSA) is 67.4 Å². The molecule has 2 aliphatic rings. The first kappa shape index (κ1) is 15.8. The van der Waals surface area contributed by atoms with Gasteiger partial charge in [0.05, 0.1) is 6.54 Å². The van der Waals surface area contributed by atoms with E-state index in [0.29, 0.717) is 12.6 Å². The maximum Gasteiger partial charge on any atom is 0.223 e. The van der Waals surface area contributed by atoms with Gasteiger partial charge in [-0.1, -0.05) is 11.3 Å². The molecule has 0 unspecified atom stereocenters. The van der Waals surface area contributed by atoms with E-state index in [9.17, 15) is 4.79 Å². The van der Waals surface area contributed by atoms with Crippen LogP contribution in [0.2, 0.25) is 0 Å². The number of aromatic nitrogens is 2. The molecule has 7 heteroatoms. The predicted octanol–water partition coefficient (Wildman–Crippen LogP) is 1.35. The van der Waals surface area contributed by atoms with Crippen molar-refractivity contribution in [1.82, 2.24) is 20.4 Å². The molecule has 22 heavy (non-hydrogen) atoms. The summed E-state index contributed by atoms with van der Waals surface area (Å²) in [7, 11) is 0. The Morgan fingerprint density at radius 2 is 2.00 bits per heavy atom. The molecule has 3 heterocycles. The second-order valence-electron chi connectivity index (χ2n) is 6.09. The lowest BCUT2D eigenvalue weighted by atomic mass is 9.93. The predicted molar refractivity (Wildman–Crippen MR) is 84.6 cm³/mol. The molecule has 0 radical (unpaired) electrons. The molecule has 3 rings (SSSR count). The molecule has 2 aliphatic heterocycles. The molecule has 0 spiro atoms. The van der Waals surface area contributed by atoms with Crippen molar-refractivity contribution >= 4 is 17.2 Å². The van der Waals surface area contributed by atoms with Crippen LogP contribution in [0.5, 0.6) is 0 Å². The Balaban J connectivity index is 1.41. The van der Waals surface area contributed by atoms with Crippen molar-refractivity contribution in [3.63, 3.8) is 0 Å². The van der Waals surface area contributed by atoms with Crippen LogP contribution in [0.1, 0.15) is 35.7 Å². The van der Waals surface area contributed by atoms with Gasteiger partial charge in [0.1, 0.15) is 10.0 Å². The van der Waals surface area contributed by atoms with Gasteiger partial charge in [-0.3, -0.25) is 4.79 Å². The summed E-state index contributed by atoms with van der Waals surface area (Å²) in [6, 6.07) is 0.655. The quantitative estimate of drug-likeness (QED) is 0.905. The molecule has 1 amide bonds. The van der Waals surface area contributed by atoms with Gasteiger partial charge in [0.2, 0.25) is 5.91 Å². The third-order valence-electron chi connectivity index (χ3n) is 4.59. The number of nitrogens with one attached hydrogen (secondary N) is 1. The zero-order valence-corrected chi connectivity index (χ0v) is 13.9. The van der Waals surface area contributed by atoms with Gasteiger partial charge in [0.15, 0.2) is 0 Å². The van der Waals surface area contributed by atoms with Crippen LogP contribution in [-0.2, 0) is 16.1 Å². The Hall–Kier alpha value is -1.05. The summed E-state index contributed by atoms with van der Waals surface area (Å²) in [4.78, 5) is 14.8. The molecular weight excluding hydrogens is 300 g/mol. The van der Waals surface area contributed by atoms with E-state index in [4.69, 9.17) is 4.74 Å². The van der Waals surface area contributed by atoms with Crippen LogP contribution in [0.3, 0.4) is 0 Å². The second kappa shape index (κ2) is 7.48. The Morgan fingerprint density at radius 3 is 2.64 bits per heavy atom. The van der Waals surface area contributed by atoms with Crippen molar-refractivity contribution in [2.24, 2.45) is 5.92 Å². The van der Waals surface area contributed by atoms with Crippen LogP contribution in [0.4, 0.5) is 0 Å². The number of likely N-dealkylation sites (tertiary alicyclic amines) is 1. The molecule has 2 saturated heterocycles. The maximum absolute atomic E-state index is 12.3. The number of hydrogen-bond acceptors (Lipinski definition) is 6. The van der Waals surface area contributed by atoms with Gasteiger partial charge in [0.25, 0.3) is 0 Å². The van der Waals surface area contributed by atoms with Gasteiger partial charge in [-0.15, -0.1) is 10.2 Å². The lowest BCUT2D eigenvalue weighted by Crippen LogP contribution is -2.46. The average molecular weight is 324 g/mol. The monoisotopic (exact) mass is 324 g/mol. The molecular formula is C15H24N4O2S. The molecule has 0 aliphatic carbocycles. The summed E-state index contributed by atoms with van der Waals surface area (Å²) in [5, 5.41) is 12.8. The van der Waals surface area contributed by atoms with Crippen LogP contribution in [0.15, 0.2) is 0 Å². The number of amides is 1. The SMILES string of the molecule is Cc1nnc(CNC(=O)C2CCN(C3CCOCC3)CC2)s1. The maximum atomic E-state index is 12.3. The number of piperidine rings is 1. The zero-order valence-electron chi connectivity index (χ0n) is 13.1. The number of nitrogens with zero attached hydrogens (tertiary/aromatic N) is 3. The fourth-order valence-electron chi connectivity index (χ4n) is 3.29.